The third kappa shape index (κ3) is 6.02. The lowest BCUT2D eigenvalue weighted by Gasteiger charge is -2.28. The normalized spacial score (nSPS) is 20.5. The molecule has 2 aliphatic heterocycles. The Morgan fingerprint density at radius 3 is 1.93 bits per heavy atom. The van der Waals surface area contributed by atoms with Gasteiger partial charge in [-0.15, -0.1) is 0 Å². The molecule has 0 aliphatic carbocycles. The zero-order valence-corrected chi connectivity index (χ0v) is 23.9. The van der Waals surface area contributed by atoms with Crippen molar-refractivity contribution in [2.75, 3.05) is 7.11 Å². The van der Waals surface area contributed by atoms with Gasteiger partial charge in [-0.3, -0.25) is 0 Å². The van der Waals surface area contributed by atoms with Crippen molar-refractivity contribution >= 4 is 6.03 Å². The SMILES string of the molecule is COc1cc(F)c(C(C)C)cc1-c1ccc(C(F)(F)F)cc1[C@@H]1CC[C@H]2[C@@H](c3cc(C(F)(F)F)cc(C(F)(F)F)c3)NC(=O)N12. The number of ether oxygens (including phenoxy) is 1. The first kappa shape index (κ1) is 32.4. The number of fused-ring (bicyclic) bond motifs is 1. The van der Waals surface area contributed by atoms with Crippen LogP contribution < -0.4 is 10.1 Å². The summed E-state index contributed by atoms with van der Waals surface area (Å²) in [5, 5.41) is 2.44. The van der Waals surface area contributed by atoms with Crippen molar-refractivity contribution in [1.29, 1.82) is 0 Å². The van der Waals surface area contributed by atoms with E-state index in [1.807, 2.05) is 0 Å². The van der Waals surface area contributed by atoms with E-state index in [0.717, 1.165) is 23.1 Å². The Bertz CT molecular complexity index is 1600. The summed E-state index contributed by atoms with van der Waals surface area (Å²) < 4.78 is 143. The van der Waals surface area contributed by atoms with E-state index >= 15 is 0 Å². The van der Waals surface area contributed by atoms with Gasteiger partial charge in [-0.25, -0.2) is 9.18 Å². The van der Waals surface area contributed by atoms with Crippen molar-refractivity contribution in [3.63, 3.8) is 0 Å². The molecule has 2 aliphatic rings. The van der Waals surface area contributed by atoms with Crippen molar-refractivity contribution in [3.8, 4) is 16.9 Å². The third-order valence-corrected chi connectivity index (χ3v) is 8.27. The highest BCUT2D eigenvalue weighted by molar-refractivity contribution is 5.81. The molecule has 0 radical (unpaired) electrons. The average molecular weight is 649 g/mol. The second-order valence-corrected chi connectivity index (χ2v) is 11.4. The van der Waals surface area contributed by atoms with Crippen LogP contribution in [-0.4, -0.2) is 24.1 Å². The van der Waals surface area contributed by atoms with Crippen molar-refractivity contribution in [2.45, 2.75) is 69.3 Å². The number of carbonyl (C=O) groups excluding carboxylic acids is 1. The monoisotopic (exact) mass is 648 g/mol. The quantitative estimate of drug-likeness (QED) is 0.280. The Morgan fingerprint density at radius 2 is 1.40 bits per heavy atom. The van der Waals surface area contributed by atoms with Crippen LogP contribution in [0.4, 0.5) is 48.7 Å². The Hall–Kier alpha value is -3.97. The van der Waals surface area contributed by atoms with Gasteiger partial charge < -0.3 is 15.0 Å². The number of nitrogens with zero attached hydrogens (tertiary/aromatic N) is 1. The molecule has 3 aromatic rings. The van der Waals surface area contributed by atoms with E-state index in [4.69, 9.17) is 4.74 Å². The third-order valence-electron chi connectivity index (χ3n) is 8.27. The number of carbonyl (C=O) groups is 1. The minimum absolute atomic E-state index is 0.0138. The first-order valence-electron chi connectivity index (χ1n) is 13.8. The van der Waals surface area contributed by atoms with Gasteiger partial charge in [-0.05, 0) is 77.4 Å². The minimum Gasteiger partial charge on any atom is -0.496 e. The van der Waals surface area contributed by atoms with Crippen molar-refractivity contribution in [2.24, 2.45) is 0 Å². The predicted molar refractivity (Wildman–Crippen MR) is 143 cm³/mol. The summed E-state index contributed by atoms with van der Waals surface area (Å²) in [5.74, 6) is -0.900. The lowest BCUT2D eigenvalue weighted by molar-refractivity contribution is -0.143. The number of rotatable bonds is 5. The molecule has 0 aromatic heterocycles. The van der Waals surface area contributed by atoms with Crippen LogP contribution in [0.15, 0.2) is 48.5 Å². The number of halogens is 10. The maximum absolute atomic E-state index is 14.8. The van der Waals surface area contributed by atoms with E-state index in [0.29, 0.717) is 12.1 Å². The number of urea groups is 1. The summed E-state index contributed by atoms with van der Waals surface area (Å²) in [6, 6.07) is 2.25. The van der Waals surface area contributed by atoms with Gasteiger partial charge in [-0.2, -0.15) is 39.5 Å². The topological polar surface area (TPSA) is 41.6 Å². The Labute approximate surface area is 251 Å². The summed E-state index contributed by atoms with van der Waals surface area (Å²) in [5.41, 5.74) is -3.88. The number of nitrogens with one attached hydrogen (secondary N) is 1. The highest BCUT2D eigenvalue weighted by atomic mass is 19.4. The highest BCUT2D eigenvalue weighted by Crippen LogP contribution is 2.50. The number of benzene rings is 3. The number of amides is 2. The second-order valence-electron chi connectivity index (χ2n) is 11.4. The van der Waals surface area contributed by atoms with Crippen molar-refractivity contribution < 1.29 is 53.4 Å². The summed E-state index contributed by atoms with van der Waals surface area (Å²) in [7, 11) is 1.26. The van der Waals surface area contributed by atoms with Gasteiger partial charge in [0.1, 0.15) is 11.6 Å². The molecular formula is C31H26F10N2O2. The molecule has 4 nitrogen and oxygen atoms in total. The molecule has 242 valence electrons. The molecule has 5 rings (SSSR count). The molecule has 45 heavy (non-hydrogen) atoms. The smallest absolute Gasteiger partial charge is 0.416 e. The van der Waals surface area contributed by atoms with E-state index in [2.05, 4.69) is 5.32 Å². The molecule has 0 unspecified atom stereocenters. The van der Waals surface area contributed by atoms with E-state index < -0.39 is 70.8 Å². The number of hydrogen-bond donors (Lipinski definition) is 1. The van der Waals surface area contributed by atoms with Crippen molar-refractivity contribution in [3.05, 3.63) is 87.7 Å². The zero-order valence-electron chi connectivity index (χ0n) is 23.9. The lowest BCUT2D eigenvalue weighted by Crippen LogP contribution is -2.32. The lowest BCUT2D eigenvalue weighted by atomic mass is 9.89. The van der Waals surface area contributed by atoms with Gasteiger partial charge in [0.2, 0.25) is 0 Å². The van der Waals surface area contributed by atoms with Gasteiger partial charge >= 0.3 is 24.6 Å². The van der Waals surface area contributed by atoms with E-state index in [1.165, 1.54) is 19.2 Å². The summed E-state index contributed by atoms with van der Waals surface area (Å²) >= 11 is 0. The van der Waals surface area contributed by atoms with Gasteiger partial charge in [-0.1, -0.05) is 19.9 Å². The number of alkyl halides is 9. The molecule has 14 heteroatoms. The van der Waals surface area contributed by atoms with E-state index in [9.17, 15) is 48.7 Å². The molecule has 0 saturated carbocycles. The van der Waals surface area contributed by atoms with Gasteiger partial charge in [0.15, 0.2) is 0 Å². The Balaban J connectivity index is 1.64. The molecule has 3 aromatic carbocycles. The highest BCUT2D eigenvalue weighted by Gasteiger charge is 2.50. The summed E-state index contributed by atoms with van der Waals surface area (Å²) in [4.78, 5) is 14.5. The number of methoxy groups -OCH3 is 1. The van der Waals surface area contributed by atoms with Gasteiger partial charge in [0.25, 0.3) is 0 Å². The Morgan fingerprint density at radius 1 is 0.800 bits per heavy atom. The van der Waals surface area contributed by atoms with E-state index in [1.54, 1.807) is 13.8 Å². The zero-order chi connectivity index (χ0) is 33.2. The molecule has 3 atom stereocenters. The second kappa shape index (κ2) is 11.1. The molecule has 2 saturated heterocycles. The van der Waals surface area contributed by atoms with Gasteiger partial charge in [0.05, 0.1) is 41.9 Å². The molecular weight excluding hydrogens is 622 g/mol. The summed E-state index contributed by atoms with van der Waals surface area (Å²) in [6.45, 7) is 3.44. The van der Waals surface area contributed by atoms with Crippen LogP contribution in [0.3, 0.4) is 0 Å². The molecule has 2 heterocycles. The molecule has 1 N–H and O–H groups in total. The Kier molecular flexibility index (Phi) is 8.02. The van der Waals surface area contributed by atoms with Crippen LogP contribution in [0.5, 0.6) is 5.75 Å². The van der Waals surface area contributed by atoms with E-state index in [-0.39, 0.29) is 52.8 Å². The first-order chi connectivity index (χ1) is 20.8. The molecule has 0 spiro atoms. The molecule has 2 fully saturated rings. The maximum Gasteiger partial charge on any atom is 0.416 e. The first-order valence-corrected chi connectivity index (χ1v) is 13.8. The van der Waals surface area contributed by atoms with Crippen LogP contribution in [0.1, 0.15) is 78.1 Å². The van der Waals surface area contributed by atoms with Crippen LogP contribution in [0, 0.1) is 5.82 Å². The minimum atomic E-state index is -5.12. The average Bonchev–Trinajstić information content (AvgIpc) is 3.52. The largest absolute Gasteiger partial charge is 0.496 e. The summed E-state index contributed by atoms with van der Waals surface area (Å²) in [6.07, 6.45) is -14.9. The fourth-order valence-corrected chi connectivity index (χ4v) is 6.18. The van der Waals surface area contributed by atoms with Gasteiger partial charge in [0, 0.05) is 11.6 Å². The fourth-order valence-electron chi connectivity index (χ4n) is 6.18. The van der Waals surface area contributed by atoms with Crippen LogP contribution in [0.2, 0.25) is 0 Å². The maximum atomic E-state index is 14.8. The van der Waals surface area contributed by atoms with Crippen molar-refractivity contribution in [1.82, 2.24) is 10.2 Å². The van der Waals surface area contributed by atoms with Crippen LogP contribution >= 0.6 is 0 Å². The molecule has 0 bridgehead atoms. The number of hydrogen-bond acceptors (Lipinski definition) is 2. The molecule has 2 amide bonds. The standard InChI is InChI=1S/C31H26F10N2O2/c1-14(2)20-12-22(26(45-3)13-23(20)32)19-5-4-16(29(33,34)35)11-21(19)24-6-7-25-27(42-28(44)43(24)25)15-8-17(30(36,37)38)10-18(9-15)31(39,40)41/h4-5,8-14,24-25,27H,6-7H2,1-3H3,(H,42,44)/t24-,25-,27+/m0/s1. The predicted octanol–water partition coefficient (Wildman–Crippen LogP) is 9.65. The fraction of sp³-hybridized carbons (Fsp3) is 0.387. The van der Waals surface area contributed by atoms with Crippen LogP contribution in [-0.2, 0) is 18.5 Å². The van der Waals surface area contributed by atoms with Crippen LogP contribution in [0.25, 0.3) is 11.1 Å².